The molecule has 1 atom stereocenters. The van der Waals surface area contributed by atoms with E-state index in [9.17, 15) is 4.79 Å². The highest BCUT2D eigenvalue weighted by Crippen LogP contribution is 2.19. The van der Waals surface area contributed by atoms with E-state index < -0.39 is 0 Å². The van der Waals surface area contributed by atoms with Crippen molar-refractivity contribution in [2.45, 2.75) is 32.7 Å². The minimum Gasteiger partial charge on any atom is -0.350 e. The summed E-state index contributed by atoms with van der Waals surface area (Å²) in [6.45, 7) is 9.02. The minimum absolute atomic E-state index is 0. The van der Waals surface area contributed by atoms with E-state index in [4.69, 9.17) is 0 Å². The number of rotatable bonds is 2. The minimum atomic E-state index is 0. The van der Waals surface area contributed by atoms with Crippen LogP contribution >= 0.6 is 0 Å². The fourth-order valence-corrected chi connectivity index (χ4v) is 1.85. The van der Waals surface area contributed by atoms with Crippen LogP contribution in [0.2, 0.25) is 0 Å². The van der Waals surface area contributed by atoms with Crippen molar-refractivity contribution in [2.24, 2.45) is 0 Å². The molecule has 0 saturated carbocycles. The monoisotopic (exact) mass is 172 g/mol. The standard InChI is InChI=1S/C9H18N2O.H2/c1-4-11-6-5-9(3,7-11)10-8(2)12;/h4-7H2,1-3H3,(H,10,12);1H. The van der Waals surface area contributed by atoms with Gasteiger partial charge in [0.25, 0.3) is 0 Å². The van der Waals surface area contributed by atoms with Crippen LogP contribution in [0, 0.1) is 0 Å². The number of hydrogen-bond donors (Lipinski definition) is 1. The summed E-state index contributed by atoms with van der Waals surface area (Å²) in [7, 11) is 0. The Morgan fingerprint density at radius 2 is 2.42 bits per heavy atom. The third-order valence-corrected chi connectivity index (χ3v) is 2.48. The molecule has 1 aliphatic heterocycles. The van der Waals surface area contributed by atoms with Gasteiger partial charge in [-0.15, -0.1) is 0 Å². The van der Waals surface area contributed by atoms with Crippen LogP contribution in [0.25, 0.3) is 0 Å². The molecule has 3 heteroatoms. The van der Waals surface area contributed by atoms with E-state index in [1.807, 2.05) is 0 Å². The van der Waals surface area contributed by atoms with Gasteiger partial charge in [0.1, 0.15) is 0 Å². The lowest BCUT2D eigenvalue weighted by atomic mass is 10.0. The summed E-state index contributed by atoms with van der Waals surface area (Å²) < 4.78 is 0. The van der Waals surface area contributed by atoms with Crippen molar-refractivity contribution < 1.29 is 6.22 Å². The van der Waals surface area contributed by atoms with Crippen LogP contribution < -0.4 is 5.32 Å². The number of amides is 1. The molecule has 0 aromatic rings. The molecule has 1 fully saturated rings. The molecular formula is C9H20N2O. The zero-order valence-corrected chi connectivity index (χ0v) is 8.18. The number of nitrogens with one attached hydrogen (secondary N) is 1. The van der Waals surface area contributed by atoms with Gasteiger partial charge in [-0.2, -0.15) is 0 Å². The first-order valence-electron chi connectivity index (χ1n) is 4.57. The SMILES string of the molecule is CCN1CCC(C)(NC(C)=O)C1.[HH]. The van der Waals surface area contributed by atoms with Crippen LogP contribution in [0.5, 0.6) is 0 Å². The van der Waals surface area contributed by atoms with Crippen molar-refractivity contribution in [3.05, 3.63) is 0 Å². The maximum Gasteiger partial charge on any atom is 0.217 e. The largest absolute Gasteiger partial charge is 0.350 e. The second-order valence-corrected chi connectivity index (χ2v) is 3.86. The van der Waals surface area contributed by atoms with Gasteiger partial charge in [-0.25, -0.2) is 0 Å². The first-order chi connectivity index (χ1) is 5.56. The smallest absolute Gasteiger partial charge is 0.217 e. The van der Waals surface area contributed by atoms with Gasteiger partial charge in [0.15, 0.2) is 0 Å². The van der Waals surface area contributed by atoms with Crippen LogP contribution in [0.4, 0.5) is 0 Å². The predicted octanol–water partition coefficient (Wildman–Crippen LogP) is 0.853. The summed E-state index contributed by atoms with van der Waals surface area (Å²) in [5, 5.41) is 3.00. The lowest BCUT2D eigenvalue weighted by molar-refractivity contribution is -0.120. The molecule has 1 heterocycles. The number of carbonyl (C=O) groups is 1. The number of nitrogens with zero attached hydrogens (tertiary/aromatic N) is 1. The van der Waals surface area contributed by atoms with E-state index in [1.54, 1.807) is 6.92 Å². The molecule has 3 nitrogen and oxygen atoms in total. The van der Waals surface area contributed by atoms with Crippen molar-refractivity contribution in [2.75, 3.05) is 19.6 Å². The second kappa shape index (κ2) is 3.44. The van der Waals surface area contributed by atoms with Crippen LogP contribution in [0.15, 0.2) is 0 Å². The molecule has 0 aromatic carbocycles. The van der Waals surface area contributed by atoms with Crippen molar-refractivity contribution >= 4 is 5.91 Å². The molecule has 12 heavy (non-hydrogen) atoms. The van der Waals surface area contributed by atoms with Gasteiger partial charge in [0.2, 0.25) is 5.91 Å². The second-order valence-electron chi connectivity index (χ2n) is 3.86. The summed E-state index contributed by atoms with van der Waals surface area (Å²) in [5.41, 5.74) is 0.0157. The summed E-state index contributed by atoms with van der Waals surface area (Å²) in [4.78, 5) is 13.2. The predicted molar refractivity (Wildman–Crippen MR) is 51.1 cm³/mol. The molecule has 0 bridgehead atoms. The van der Waals surface area contributed by atoms with E-state index in [2.05, 4.69) is 24.1 Å². The van der Waals surface area contributed by atoms with Gasteiger partial charge in [-0.3, -0.25) is 4.79 Å². The molecule has 1 amide bonds. The number of hydrogen-bond acceptors (Lipinski definition) is 2. The Kier molecular flexibility index (Phi) is 2.73. The average molecular weight is 172 g/mol. The van der Waals surface area contributed by atoms with Gasteiger partial charge in [-0.05, 0) is 19.9 Å². The maximum atomic E-state index is 10.9. The van der Waals surface area contributed by atoms with Crippen LogP contribution in [0.3, 0.4) is 0 Å². The van der Waals surface area contributed by atoms with Gasteiger partial charge in [0, 0.05) is 21.4 Å². The average Bonchev–Trinajstić information content (AvgIpc) is 2.30. The molecule has 1 unspecified atom stereocenters. The Bertz CT molecular complexity index is 186. The van der Waals surface area contributed by atoms with Gasteiger partial charge in [-0.1, -0.05) is 6.92 Å². The van der Waals surface area contributed by atoms with E-state index in [1.165, 1.54) is 0 Å². The summed E-state index contributed by atoms with van der Waals surface area (Å²) in [6, 6.07) is 0. The highest BCUT2D eigenvalue weighted by Gasteiger charge is 2.33. The topological polar surface area (TPSA) is 32.3 Å². The molecule has 1 aliphatic rings. The molecule has 0 spiro atoms. The third kappa shape index (κ3) is 2.21. The van der Waals surface area contributed by atoms with E-state index in [0.717, 1.165) is 26.1 Å². The van der Waals surface area contributed by atoms with Gasteiger partial charge >= 0.3 is 0 Å². The van der Waals surface area contributed by atoms with Gasteiger partial charge in [0.05, 0.1) is 5.54 Å². The zero-order valence-electron chi connectivity index (χ0n) is 8.18. The normalized spacial score (nSPS) is 30.6. The fourth-order valence-electron chi connectivity index (χ4n) is 1.85. The van der Waals surface area contributed by atoms with Crippen LogP contribution in [-0.2, 0) is 4.79 Å². The first-order valence-corrected chi connectivity index (χ1v) is 4.57. The molecule has 1 rings (SSSR count). The van der Waals surface area contributed by atoms with E-state index in [-0.39, 0.29) is 12.9 Å². The maximum absolute atomic E-state index is 10.9. The third-order valence-electron chi connectivity index (χ3n) is 2.48. The van der Waals surface area contributed by atoms with Crippen molar-refractivity contribution in [3.8, 4) is 0 Å². The summed E-state index contributed by atoms with van der Waals surface area (Å²) >= 11 is 0. The quantitative estimate of drug-likeness (QED) is 0.670. The van der Waals surface area contributed by atoms with E-state index >= 15 is 0 Å². The highest BCUT2D eigenvalue weighted by molar-refractivity contribution is 5.73. The number of likely N-dealkylation sites (N-methyl/N-ethyl adjacent to an activating group) is 1. The zero-order chi connectivity index (χ0) is 9.19. The molecule has 72 valence electrons. The van der Waals surface area contributed by atoms with E-state index in [0.29, 0.717) is 0 Å². The van der Waals surface area contributed by atoms with Crippen molar-refractivity contribution in [1.82, 2.24) is 10.2 Å². The number of carbonyl (C=O) groups excluding carboxylic acids is 1. The number of likely N-dealkylation sites (tertiary alicyclic amines) is 1. The van der Waals surface area contributed by atoms with Crippen LogP contribution in [-0.4, -0.2) is 36.0 Å². The van der Waals surface area contributed by atoms with Gasteiger partial charge < -0.3 is 10.2 Å². The lowest BCUT2D eigenvalue weighted by Gasteiger charge is -2.25. The summed E-state index contributed by atoms with van der Waals surface area (Å²) in [5.74, 6) is 0.0791. The molecule has 1 N–H and O–H groups in total. The molecular weight excluding hydrogens is 152 g/mol. The Labute approximate surface area is 75.6 Å². The Balaban J connectivity index is 0.00000144. The molecule has 1 saturated heterocycles. The molecule has 0 aromatic heterocycles. The lowest BCUT2D eigenvalue weighted by Crippen LogP contribution is -2.47. The fraction of sp³-hybridized carbons (Fsp3) is 0.889. The van der Waals surface area contributed by atoms with Crippen molar-refractivity contribution in [1.29, 1.82) is 0 Å². The molecule has 0 aliphatic carbocycles. The first kappa shape index (κ1) is 9.52. The summed E-state index contributed by atoms with van der Waals surface area (Å²) in [6.07, 6.45) is 1.07. The Morgan fingerprint density at radius 1 is 1.75 bits per heavy atom. The molecule has 0 radical (unpaired) electrons. The highest BCUT2D eigenvalue weighted by atomic mass is 16.1. The van der Waals surface area contributed by atoms with Crippen LogP contribution in [0.1, 0.15) is 28.6 Å². The Hall–Kier alpha value is -0.570. The van der Waals surface area contributed by atoms with Crippen molar-refractivity contribution in [3.63, 3.8) is 0 Å². The Morgan fingerprint density at radius 3 is 2.83 bits per heavy atom.